The van der Waals surface area contributed by atoms with Gasteiger partial charge in [0.1, 0.15) is 0 Å². The van der Waals surface area contributed by atoms with E-state index in [-0.39, 0.29) is 5.91 Å². The fourth-order valence-corrected chi connectivity index (χ4v) is 2.70. The lowest BCUT2D eigenvalue weighted by Crippen LogP contribution is -2.11. The van der Waals surface area contributed by atoms with E-state index in [2.05, 4.69) is 10.3 Å². The molecule has 1 aromatic heterocycles. The maximum Gasteiger partial charge on any atom is 0.257 e. The van der Waals surface area contributed by atoms with Crippen LogP contribution in [-0.2, 0) is 0 Å². The van der Waals surface area contributed by atoms with Crippen molar-refractivity contribution in [2.24, 2.45) is 0 Å². The molecule has 0 saturated carbocycles. The van der Waals surface area contributed by atoms with Crippen molar-refractivity contribution in [2.75, 3.05) is 18.5 Å². The highest BCUT2D eigenvalue weighted by Crippen LogP contribution is 2.32. The summed E-state index contributed by atoms with van der Waals surface area (Å²) in [6, 6.07) is 13.2. The summed E-state index contributed by atoms with van der Waals surface area (Å²) in [4.78, 5) is 15.6. The molecule has 0 unspecified atom stereocenters. The fraction of sp³-hybridized carbons (Fsp3) is 0.167. The number of anilines is 1. The quantitative estimate of drug-likeness (QED) is 0.760. The van der Waals surface area contributed by atoms with Gasteiger partial charge >= 0.3 is 0 Å². The molecule has 0 fully saturated rings. The molecule has 2 aromatic carbocycles. The Bertz CT molecular complexity index is 870. The first-order valence-corrected chi connectivity index (χ1v) is 7.58. The minimum absolute atomic E-state index is 0.156. The Morgan fingerprint density at radius 3 is 2.78 bits per heavy atom. The zero-order valence-corrected chi connectivity index (χ0v) is 12.5. The van der Waals surface area contributed by atoms with E-state index in [0.717, 1.165) is 17.3 Å². The van der Waals surface area contributed by atoms with Crippen LogP contribution in [0, 0.1) is 0 Å². The van der Waals surface area contributed by atoms with E-state index in [9.17, 15) is 4.79 Å². The van der Waals surface area contributed by atoms with Gasteiger partial charge in [-0.15, -0.1) is 0 Å². The Balaban J connectivity index is 1.60. The molecule has 0 bridgehead atoms. The van der Waals surface area contributed by atoms with Gasteiger partial charge in [-0.3, -0.25) is 4.79 Å². The van der Waals surface area contributed by atoms with E-state index in [0.29, 0.717) is 36.0 Å². The number of carbonyl (C=O) groups excluding carboxylic acids is 1. The van der Waals surface area contributed by atoms with Crippen molar-refractivity contribution in [1.29, 1.82) is 0 Å². The van der Waals surface area contributed by atoms with Crippen LogP contribution < -0.4 is 14.8 Å². The first-order valence-electron chi connectivity index (χ1n) is 7.58. The van der Waals surface area contributed by atoms with Crippen molar-refractivity contribution < 1.29 is 14.3 Å². The van der Waals surface area contributed by atoms with E-state index >= 15 is 0 Å². The highest BCUT2D eigenvalue weighted by atomic mass is 16.5. The molecule has 1 aliphatic heterocycles. The molecule has 5 heteroatoms. The normalized spacial score (nSPS) is 13.6. The van der Waals surface area contributed by atoms with Gasteiger partial charge in [-0.2, -0.15) is 0 Å². The second-order valence-electron chi connectivity index (χ2n) is 5.41. The van der Waals surface area contributed by atoms with Gasteiger partial charge in [-0.1, -0.05) is 18.2 Å². The van der Waals surface area contributed by atoms with Gasteiger partial charge in [0.05, 0.1) is 18.8 Å². The maximum absolute atomic E-state index is 12.5. The molecule has 0 atom stereocenters. The average molecular weight is 308 g/mol. The number of fused-ring (bicyclic) bond motifs is 2. The topological polar surface area (TPSA) is 63.4 Å². The summed E-state index contributed by atoms with van der Waals surface area (Å²) in [6.07, 6.45) is 2.58. The number of benzene rings is 2. The van der Waals surface area contributed by atoms with Crippen molar-refractivity contribution in [1.82, 2.24) is 4.98 Å². The number of hydrogen-bond donors (Lipinski definition) is 2. The molecule has 23 heavy (non-hydrogen) atoms. The molecule has 0 aliphatic carbocycles. The third-order valence-electron chi connectivity index (χ3n) is 3.84. The summed E-state index contributed by atoms with van der Waals surface area (Å²) >= 11 is 0. The number of nitrogens with one attached hydrogen (secondary N) is 2. The number of carbonyl (C=O) groups is 1. The van der Waals surface area contributed by atoms with Crippen LogP contribution in [-0.4, -0.2) is 24.1 Å². The van der Waals surface area contributed by atoms with Crippen LogP contribution >= 0.6 is 0 Å². The van der Waals surface area contributed by atoms with Crippen molar-refractivity contribution in [3.63, 3.8) is 0 Å². The monoisotopic (exact) mass is 308 g/mol. The summed E-state index contributed by atoms with van der Waals surface area (Å²) < 4.78 is 11.2. The maximum atomic E-state index is 12.5. The molecule has 0 spiro atoms. The molecule has 0 saturated heterocycles. The van der Waals surface area contributed by atoms with Gasteiger partial charge in [0, 0.05) is 35.3 Å². The number of aromatic nitrogens is 1. The molecule has 2 heterocycles. The van der Waals surface area contributed by atoms with Gasteiger partial charge in [0.2, 0.25) is 0 Å². The van der Waals surface area contributed by atoms with E-state index < -0.39 is 0 Å². The zero-order valence-electron chi connectivity index (χ0n) is 12.5. The predicted molar refractivity (Wildman–Crippen MR) is 88.3 cm³/mol. The number of amides is 1. The van der Waals surface area contributed by atoms with E-state index in [1.807, 2.05) is 36.4 Å². The molecular weight excluding hydrogens is 292 g/mol. The first kappa shape index (κ1) is 13.7. The van der Waals surface area contributed by atoms with Crippen LogP contribution in [0.15, 0.2) is 48.7 Å². The van der Waals surface area contributed by atoms with Gasteiger partial charge in [-0.25, -0.2) is 0 Å². The summed E-state index contributed by atoms with van der Waals surface area (Å²) in [5.74, 6) is 1.23. The lowest BCUT2D eigenvalue weighted by molar-refractivity contribution is 0.102. The SMILES string of the molecule is O=C(Nc1ccc2c(c1)OCCCO2)c1c[nH]c2ccccc12. The van der Waals surface area contributed by atoms with Crippen LogP contribution in [0.3, 0.4) is 0 Å². The summed E-state index contributed by atoms with van der Waals surface area (Å²) in [5.41, 5.74) is 2.24. The zero-order chi connectivity index (χ0) is 15.6. The highest BCUT2D eigenvalue weighted by molar-refractivity contribution is 6.12. The number of aromatic amines is 1. The number of para-hydroxylation sites is 1. The Morgan fingerprint density at radius 1 is 1.04 bits per heavy atom. The van der Waals surface area contributed by atoms with E-state index in [1.54, 1.807) is 12.3 Å². The van der Waals surface area contributed by atoms with Gasteiger partial charge in [-0.05, 0) is 18.2 Å². The number of rotatable bonds is 2. The predicted octanol–water partition coefficient (Wildman–Crippen LogP) is 3.58. The number of hydrogen-bond acceptors (Lipinski definition) is 3. The van der Waals surface area contributed by atoms with Crippen LogP contribution in [0.25, 0.3) is 10.9 Å². The Kier molecular flexibility index (Phi) is 3.38. The van der Waals surface area contributed by atoms with Crippen LogP contribution in [0.5, 0.6) is 11.5 Å². The van der Waals surface area contributed by atoms with Crippen LogP contribution in [0.4, 0.5) is 5.69 Å². The molecule has 116 valence electrons. The van der Waals surface area contributed by atoms with Crippen molar-refractivity contribution in [3.05, 3.63) is 54.2 Å². The van der Waals surface area contributed by atoms with Crippen molar-refractivity contribution in [3.8, 4) is 11.5 Å². The highest BCUT2D eigenvalue weighted by Gasteiger charge is 2.14. The largest absolute Gasteiger partial charge is 0.490 e. The molecule has 0 radical (unpaired) electrons. The van der Waals surface area contributed by atoms with Crippen molar-refractivity contribution >= 4 is 22.5 Å². The third-order valence-corrected chi connectivity index (χ3v) is 3.84. The second kappa shape index (κ2) is 5.68. The van der Waals surface area contributed by atoms with Crippen LogP contribution in [0.2, 0.25) is 0 Å². The third kappa shape index (κ3) is 2.61. The van der Waals surface area contributed by atoms with Crippen LogP contribution in [0.1, 0.15) is 16.8 Å². The molecule has 5 nitrogen and oxygen atoms in total. The smallest absolute Gasteiger partial charge is 0.257 e. The second-order valence-corrected chi connectivity index (χ2v) is 5.41. The van der Waals surface area contributed by atoms with Gasteiger partial charge < -0.3 is 19.8 Å². The molecule has 2 N–H and O–H groups in total. The van der Waals surface area contributed by atoms with Crippen molar-refractivity contribution in [2.45, 2.75) is 6.42 Å². The summed E-state index contributed by atoms with van der Waals surface area (Å²) in [6.45, 7) is 1.26. The van der Waals surface area contributed by atoms with Gasteiger partial charge in [0.15, 0.2) is 11.5 Å². The Morgan fingerprint density at radius 2 is 1.87 bits per heavy atom. The number of H-pyrrole nitrogens is 1. The van der Waals surface area contributed by atoms with E-state index in [1.165, 1.54) is 0 Å². The minimum Gasteiger partial charge on any atom is -0.490 e. The number of ether oxygens (including phenoxy) is 2. The molecule has 4 rings (SSSR count). The lowest BCUT2D eigenvalue weighted by atomic mass is 10.1. The fourth-order valence-electron chi connectivity index (χ4n) is 2.70. The molecular formula is C18H16N2O3. The summed E-state index contributed by atoms with van der Waals surface area (Å²) in [5, 5.41) is 3.81. The molecule has 3 aromatic rings. The minimum atomic E-state index is -0.156. The Labute approximate surface area is 133 Å². The molecule has 1 amide bonds. The van der Waals surface area contributed by atoms with Gasteiger partial charge in [0.25, 0.3) is 5.91 Å². The lowest BCUT2D eigenvalue weighted by Gasteiger charge is -2.10. The van der Waals surface area contributed by atoms with E-state index in [4.69, 9.17) is 9.47 Å². The molecule has 1 aliphatic rings. The standard InChI is InChI=1S/C18H16N2O3/c21-18(14-11-19-15-5-2-1-4-13(14)15)20-12-6-7-16-17(10-12)23-9-3-8-22-16/h1-2,4-7,10-11,19H,3,8-9H2,(H,20,21). The Hall–Kier alpha value is -2.95. The average Bonchev–Trinajstić information content (AvgIpc) is 2.86. The first-order chi connectivity index (χ1) is 11.3. The summed E-state index contributed by atoms with van der Waals surface area (Å²) in [7, 11) is 0.